The molecular weight excluding hydrogens is 375 g/mol. The maximum absolute atomic E-state index is 12.6. The van der Waals surface area contributed by atoms with Gasteiger partial charge in [-0.2, -0.15) is 13.2 Å². The number of hydrogen-bond donors (Lipinski definition) is 1. The molecule has 0 amide bonds. The summed E-state index contributed by atoms with van der Waals surface area (Å²) in [5.41, 5.74) is 0.250. The Bertz CT molecular complexity index is 794. The Balaban J connectivity index is 2.19. The summed E-state index contributed by atoms with van der Waals surface area (Å²) < 4.78 is 40.0. The average Bonchev–Trinajstić information content (AvgIpc) is 2.94. The van der Waals surface area contributed by atoms with Crippen LogP contribution in [0.4, 0.5) is 13.2 Å². The van der Waals surface area contributed by atoms with Gasteiger partial charge >= 0.3 is 6.18 Å². The number of aromatic nitrogens is 3. The zero-order valence-electron chi connectivity index (χ0n) is 9.52. The second kappa shape index (κ2) is 4.74. The van der Waals surface area contributed by atoms with Gasteiger partial charge in [0.1, 0.15) is 5.01 Å². The van der Waals surface area contributed by atoms with Gasteiger partial charge in [-0.15, -0.1) is 11.3 Å². The van der Waals surface area contributed by atoms with Crippen LogP contribution in [0.1, 0.15) is 5.69 Å². The molecule has 0 saturated heterocycles. The van der Waals surface area contributed by atoms with Gasteiger partial charge in [0.05, 0.1) is 0 Å². The summed E-state index contributed by atoms with van der Waals surface area (Å²) >= 11 is 8.45. The van der Waals surface area contributed by atoms with E-state index < -0.39 is 11.9 Å². The molecule has 0 aliphatic heterocycles. The van der Waals surface area contributed by atoms with Gasteiger partial charge in [-0.1, -0.05) is 12.8 Å². The van der Waals surface area contributed by atoms with E-state index in [0.29, 0.717) is 16.6 Å². The maximum Gasteiger partial charge on any atom is 0.434 e. The van der Waals surface area contributed by atoms with Crippen LogP contribution >= 0.6 is 40.1 Å². The van der Waals surface area contributed by atoms with Gasteiger partial charge in [0, 0.05) is 33.2 Å². The van der Waals surface area contributed by atoms with Crippen LogP contribution in [0.3, 0.4) is 0 Å². The Hall–Kier alpha value is -1.06. The highest BCUT2D eigenvalue weighted by Gasteiger charge is 2.34. The van der Waals surface area contributed by atoms with E-state index in [-0.39, 0.29) is 5.01 Å². The van der Waals surface area contributed by atoms with Gasteiger partial charge < -0.3 is 0 Å². The number of thiazole rings is 1. The monoisotopic (exact) mass is 379 g/mol. The predicted octanol–water partition coefficient (Wildman–Crippen LogP) is 4.63. The molecule has 0 radical (unpaired) electrons. The van der Waals surface area contributed by atoms with E-state index in [1.165, 1.54) is 3.97 Å². The van der Waals surface area contributed by atoms with Gasteiger partial charge in [-0.3, -0.25) is 3.97 Å². The molecule has 3 rings (SSSR count). The van der Waals surface area contributed by atoms with E-state index in [1.807, 2.05) is 0 Å². The topological polar surface area (TPSA) is 30.7 Å². The lowest BCUT2D eigenvalue weighted by molar-refractivity contribution is -0.140. The number of halogens is 4. The van der Waals surface area contributed by atoms with Crippen LogP contribution in [-0.4, -0.2) is 13.9 Å². The van der Waals surface area contributed by atoms with Crippen molar-refractivity contribution in [2.75, 3.05) is 0 Å². The number of rotatable bonds is 1. The summed E-state index contributed by atoms with van der Waals surface area (Å²) in [6.45, 7) is 0. The first-order valence-electron chi connectivity index (χ1n) is 5.25. The van der Waals surface area contributed by atoms with E-state index >= 15 is 0 Å². The van der Waals surface area contributed by atoms with Gasteiger partial charge in [0.15, 0.2) is 11.3 Å². The number of thiol groups is 1. The molecular formula is C11H5BrF3N3S2. The van der Waals surface area contributed by atoms with Crippen molar-refractivity contribution in [3.05, 3.63) is 34.0 Å². The van der Waals surface area contributed by atoms with Crippen LogP contribution in [-0.2, 0) is 6.18 Å². The average molecular weight is 380 g/mol. The number of alkyl halides is 3. The highest BCUT2D eigenvalue weighted by atomic mass is 79.9. The van der Waals surface area contributed by atoms with Crippen LogP contribution in [0.25, 0.3) is 21.6 Å². The van der Waals surface area contributed by atoms with Gasteiger partial charge in [-0.05, 0) is 22.0 Å². The van der Waals surface area contributed by atoms with Crippen molar-refractivity contribution < 1.29 is 13.2 Å². The zero-order valence-corrected chi connectivity index (χ0v) is 12.8. The molecule has 0 aromatic carbocycles. The third-order valence-corrected chi connectivity index (χ3v) is 4.23. The van der Waals surface area contributed by atoms with Crippen LogP contribution < -0.4 is 0 Å². The minimum Gasteiger partial charge on any atom is -0.277 e. The molecule has 0 aliphatic carbocycles. The molecule has 0 bridgehead atoms. The number of fused-ring (bicyclic) bond motifs is 1. The van der Waals surface area contributed by atoms with Crippen molar-refractivity contribution in [2.45, 2.75) is 6.18 Å². The van der Waals surface area contributed by atoms with Crippen LogP contribution in [0.2, 0.25) is 0 Å². The Kier molecular flexibility index (Phi) is 3.30. The highest BCUT2D eigenvalue weighted by molar-refractivity contribution is 9.10. The lowest BCUT2D eigenvalue weighted by atomic mass is 10.2. The van der Waals surface area contributed by atoms with E-state index in [0.717, 1.165) is 21.2 Å². The standard InChI is InChI=1S/C11H5BrF3N3S2/c12-5-1-6-7(3-18(19)9(6)16-2-5)10-17-8(4-20-10)11(13,14)15/h1-4,19H. The number of hydrogen-bond acceptors (Lipinski definition) is 4. The van der Waals surface area contributed by atoms with E-state index in [2.05, 4.69) is 38.7 Å². The molecule has 0 saturated carbocycles. The second-order valence-electron chi connectivity index (χ2n) is 3.95. The molecule has 0 aliphatic rings. The molecule has 20 heavy (non-hydrogen) atoms. The first-order chi connectivity index (χ1) is 9.36. The zero-order chi connectivity index (χ0) is 14.5. The Morgan fingerprint density at radius 3 is 2.75 bits per heavy atom. The number of pyridine rings is 1. The molecule has 0 N–H and O–H groups in total. The van der Waals surface area contributed by atoms with Crippen LogP contribution in [0.15, 0.2) is 28.3 Å². The minimum atomic E-state index is -4.44. The molecule has 104 valence electrons. The summed E-state index contributed by atoms with van der Waals surface area (Å²) in [7, 11) is 0. The summed E-state index contributed by atoms with van der Waals surface area (Å²) in [5, 5.41) is 1.98. The Morgan fingerprint density at radius 1 is 1.35 bits per heavy atom. The molecule has 3 heterocycles. The van der Waals surface area contributed by atoms with Crippen molar-refractivity contribution in [3.63, 3.8) is 0 Å². The largest absolute Gasteiger partial charge is 0.434 e. The Labute approximate surface area is 129 Å². The first kappa shape index (κ1) is 13.9. The lowest BCUT2D eigenvalue weighted by Gasteiger charge is -1.99. The molecule has 3 nitrogen and oxygen atoms in total. The van der Waals surface area contributed by atoms with Crippen LogP contribution in [0.5, 0.6) is 0 Å². The van der Waals surface area contributed by atoms with Crippen molar-refractivity contribution in [3.8, 4) is 10.6 Å². The van der Waals surface area contributed by atoms with Gasteiger partial charge in [-0.25, -0.2) is 9.97 Å². The molecule has 3 aromatic heterocycles. The molecule has 0 fully saturated rings. The van der Waals surface area contributed by atoms with E-state index in [4.69, 9.17) is 0 Å². The summed E-state index contributed by atoms with van der Waals surface area (Å²) in [5.74, 6) is 0. The molecule has 0 atom stereocenters. The van der Waals surface area contributed by atoms with Gasteiger partial charge in [0.2, 0.25) is 0 Å². The summed E-state index contributed by atoms with van der Waals surface area (Å²) in [6.07, 6.45) is -1.24. The third kappa shape index (κ3) is 2.33. The number of nitrogens with zero attached hydrogens (tertiary/aromatic N) is 3. The second-order valence-corrected chi connectivity index (χ2v) is 6.15. The molecule has 3 aromatic rings. The summed E-state index contributed by atoms with van der Waals surface area (Å²) in [6, 6.07) is 1.78. The SMILES string of the molecule is FC(F)(F)c1csc(-c2cn(S)c3ncc(Br)cc23)n1. The lowest BCUT2D eigenvalue weighted by Crippen LogP contribution is -2.04. The van der Waals surface area contributed by atoms with Gasteiger partial charge in [0.25, 0.3) is 0 Å². The maximum atomic E-state index is 12.6. The van der Waals surface area contributed by atoms with Crippen molar-refractivity contribution in [2.24, 2.45) is 0 Å². The summed E-state index contributed by atoms with van der Waals surface area (Å²) in [4.78, 5) is 7.82. The smallest absolute Gasteiger partial charge is 0.277 e. The third-order valence-electron chi connectivity index (χ3n) is 2.62. The molecule has 0 spiro atoms. The van der Waals surface area contributed by atoms with Crippen LogP contribution in [0, 0.1) is 0 Å². The highest BCUT2D eigenvalue weighted by Crippen LogP contribution is 2.37. The van der Waals surface area contributed by atoms with Crippen molar-refractivity contribution >= 4 is 51.1 Å². The minimum absolute atomic E-state index is 0.287. The normalized spacial score (nSPS) is 12.2. The first-order valence-corrected chi connectivity index (χ1v) is 7.32. The van der Waals surface area contributed by atoms with E-state index in [1.54, 1.807) is 18.5 Å². The molecule has 9 heteroatoms. The fourth-order valence-electron chi connectivity index (χ4n) is 1.76. The fraction of sp³-hybridized carbons (Fsp3) is 0.0909. The molecule has 0 unspecified atom stereocenters. The Morgan fingerprint density at radius 2 is 2.10 bits per heavy atom. The predicted molar refractivity (Wildman–Crippen MR) is 77.9 cm³/mol. The van der Waals surface area contributed by atoms with Crippen molar-refractivity contribution in [1.82, 2.24) is 13.9 Å². The van der Waals surface area contributed by atoms with E-state index in [9.17, 15) is 13.2 Å². The quantitative estimate of drug-likeness (QED) is 0.624. The van der Waals surface area contributed by atoms with Crippen molar-refractivity contribution in [1.29, 1.82) is 0 Å². The fourth-order valence-corrected chi connectivity index (χ4v) is 3.22.